The largest absolute Gasteiger partial charge is 0.322 e. The first-order chi connectivity index (χ1) is 13.8. The van der Waals surface area contributed by atoms with E-state index in [-0.39, 0.29) is 11.8 Å². The van der Waals surface area contributed by atoms with E-state index in [1.807, 2.05) is 56.3 Å². The highest BCUT2D eigenvalue weighted by molar-refractivity contribution is 6.08. The van der Waals surface area contributed by atoms with Crippen molar-refractivity contribution in [3.8, 4) is 0 Å². The number of aromatic nitrogens is 1. The summed E-state index contributed by atoms with van der Waals surface area (Å²) in [5, 5.41) is 5.69. The minimum atomic E-state index is -0.310. The zero-order valence-electron chi connectivity index (χ0n) is 17.1. The maximum absolute atomic E-state index is 12.6. The van der Waals surface area contributed by atoms with Crippen LogP contribution in [-0.2, 0) is 0 Å². The number of benzene rings is 2. The Balaban J connectivity index is 1.71. The van der Waals surface area contributed by atoms with Crippen LogP contribution in [0.1, 0.15) is 57.2 Å². The van der Waals surface area contributed by atoms with Crippen molar-refractivity contribution >= 4 is 23.2 Å². The van der Waals surface area contributed by atoms with E-state index in [4.69, 9.17) is 0 Å². The average Bonchev–Trinajstić information content (AvgIpc) is 2.71. The van der Waals surface area contributed by atoms with Crippen LogP contribution in [-0.4, -0.2) is 16.8 Å². The smallest absolute Gasteiger partial charge is 0.257 e. The zero-order valence-corrected chi connectivity index (χ0v) is 17.1. The Morgan fingerprint density at radius 2 is 1.31 bits per heavy atom. The summed E-state index contributed by atoms with van der Waals surface area (Å²) in [6, 6.07) is 15.0. The highest BCUT2D eigenvalue weighted by Gasteiger charge is 2.12. The summed E-state index contributed by atoms with van der Waals surface area (Å²) in [5.41, 5.74) is 5.51. The monoisotopic (exact) mass is 387 g/mol. The predicted octanol–water partition coefficient (Wildman–Crippen LogP) is 5.33. The molecule has 3 rings (SSSR count). The van der Waals surface area contributed by atoms with Crippen molar-refractivity contribution in [2.45, 2.75) is 33.6 Å². The second-order valence-electron chi connectivity index (χ2n) is 7.45. The molecule has 0 unspecified atom stereocenters. The molecule has 3 aromatic rings. The lowest BCUT2D eigenvalue weighted by molar-refractivity contribution is 0.102. The van der Waals surface area contributed by atoms with E-state index in [1.165, 1.54) is 18.0 Å². The lowest BCUT2D eigenvalue weighted by atomic mass is 10.0. The van der Waals surface area contributed by atoms with Crippen molar-refractivity contribution in [2.24, 2.45) is 0 Å². The Morgan fingerprint density at radius 3 is 1.86 bits per heavy atom. The summed E-state index contributed by atoms with van der Waals surface area (Å²) in [6.07, 6.45) is 2.90. The van der Waals surface area contributed by atoms with Gasteiger partial charge in [0.15, 0.2) is 0 Å². The molecule has 0 radical (unpaired) electrons. The molecule has 0 aliphatic carbocycles. The first-order valence-corrected chi connectivity index (χ1v) is 9.58. The Labute approximate surface area is 171 Å². The van der Waals surface area contributed by atoms with Crippen LogP contribution in [0.25, 0.3) is 0 Å². The summed E-state index contributed by atoms with van der Waals surface area (Å²) in [7, 11) is 0. The molecule has 5 heteroatoms. The molecule has 1 aromatic heterocycles. The summed E-state index contributed by atoms with van der Waals surface area (Å²) >= 11 is 0. The number of carbonyl (C=O) groups is 2. The van der Waals surface area contributed by atoms with Crippen LogP contribution in [0.2, 0.25) is 0 Å². The van der Waals surface area contributed by atoms with Crippen LogP contribution < -0.4 is 10.6 Å². The van der Waals surface area contributed by atoms with Gasteiger partial charge in [-0.05, 0) is 66.8 Å². The topological polar surface area (TPSA) is 71.1 Å². The minimum absolute atomic E-state index is 0.309. The van der Waals surface area contributed by atoms with Gasteiger partial charge < -0.3 is 10.6 Å². The molecule has 2 aromatic carbocycles. The lowest BCUT2D eigenvalue weighted by Gasteiger charge is -2.10. The van der Waals surface area contributed by atoms with Crippen molar-refractivity contribution in [3.05, 3.63) is 88.7 Å². The summed E-state index contributed by atoms with van der Waals surface area (Å²) < 4.78 is 0. The van der Waals surface area contributed by atoms with Gasteiger partial charge in [-0.1, -0.05) is 32.0 Å². The number of rotatable bonds is 5. The molecular formula is C24H25N3O2. The number of carbonyl (C=O) groups excluding carboxylic acids is 2. The van der Waals surface area contributed by atoms with E-state index >= 15 is 0 Å². The number of anilines is 2. The highest BCUT2D eigenvalue weighted by atomic mass is 16.2. The molecule has 2 amide bonds. The SMILES string of the molecule is Cc1ccc(NC(=O)c2cncc(C(=O)Nc3ccc(C(C)C)cc3)c2)cc1C. The number of nitrogens with zero attached hydrogens (tertiary/aromatic N) is 1. The molecule has 0 fully saturated rings. The number of hydrogen-bond donors (Lipinski definition) is 2. The molecular weight excluding hydrogens is 362 g/mol. The van der Waals surface area contributed by atoms with Gasteiger partial charge in [0.2, 0.25) is 0 Å². The molecule has 1 heterocycles. The average molecular weight is 387 g/mol. The normalized spacial score (nSPS) is 10.7. The molecule has 0 atom stereocenters. The molecule has 0 saturated carbocycles. The molecule has 2 N–H and O–H groups in total. The quantitative estimate of drug-likeness (QED) is 0.622. The van der Waals surface area contributed by atoms with E-state index in [0.717, 1.165) is 11.1 Å². The van der Waals surface area contributed by atoms with Gasteiger partial charge >= 0.3 is 0 Å². The summed E-state index contributed by atoms with van der Waals surface area (Å²) in [4.78, 5) is 29.2. The molecule has 0 bridgehead atoms. The third kappa shape index (κ3) is 5.08. The molecule has 0 aliphatic heterocycles. The number of hydrogen-bond acceptors (Lipinski definition) is 3. The first-order valence-electron chi connectivity index (χ1n) is 9.58. The van der Waals surface area contributed by atoms with Crippen LogP contribution >= 0.6 is 0 Å². The second kappa shape index (κ2) is 8.69. The number of pyridine rings is 1. The maximum Gasteiger partial charge on any atom is 0.257 e. The van der Waals surface area contributed by atoms with Crippen LogP contribution in [0.4, 0.5) is 11.4 Å². The van der Waals surface area contributed by atoms with E-state index in [9.17, 15) is 9.59 Å². The van der Waals surface area contributed by atoms with Crippen LogP contribution in [0.5, 0.6) is 0 Å². The van der Waals surface area contributed by atoms with Gasteiger partial charge in [-0.25, -0.2) is 0 Å². The van der Waals surface area contributed by atoms with Crippen LogP contribution in [0, 0.1) is 13.8 Å². The van der Waals surface area contributed by atoms with Crippen LogP contribution in [0.3, 0.4) is 0 Å². The molecule has 29 heavy (non-hydrogen) atoms. The van der Waals surface area contributed by atoms with Crippen molar-refractivity contribution in [2.75, 3.05) is 10.6 Å². The van der Waals surface area contributed by atoms with Crippen molar-refractivity contribution in [1.29, 1.82) is 0 Å². The fourth-order valence-corrected chi connectivity index (χ4v) is 2.87. The Bertz CT molecular complexity index is 1040. The lowest BCUT2D eigenvalue weighted by Crippen LogP contribution is -2.16. The van der Waals surface area contributed by atoms with Crippen molar-refractivity contribution in [3.63, 3.8) is 0 Å². The Hall–Kier alpha value is -3.47. The predicted molar refractivity (Wildman–Crippen MR) is 117 cm³/mol. The molecule has 0 saturated heterocycles. The number of aryl methyl sites for hydroxylation is 2. The number of nitrogens with one attached hydrogen (secondary N) is 2. The van der Waals surface area contributed by atoms with Gasteiger partial charge in [0.05, 0.1) is 11.1 Å². The van der Waals surface area contributed by atoms with Gasteiger partial charge in [-0.15, -0.1) is 0 Å². The summed E-state index contributed by atoms with van der Waals surface area (Å²) in [5.74, 6) is -0.191. The van der Waals surface area contributed by atoms with E-state index in [0.29, 0.717) is 28.4 Å². The fourth-order valence-electron chi connectivity index (χ4n) is 2.87. The van der Waals surface area contributed by atoms with E-state index in [1.54, 1.807) is 6.07 Å². The Kier molecular flexibility index (Phi) is 6.07. The van der Waals surface area contributed by atoms with E-state index in [2.05, 4.69) is 29.5 Å². The third-order valence-electron chi connectivity index (χ3n) is 4.86. The molecule has 148 valence electrons. The van der Waals surface area contributed by atoms with Gasteiger partial charge in [0.1, 0.15) is 0 Å². The van der Waals surface area contributed by atoms with Gasteiger partial charge in [0.25, 0.3) is 11.8 Å². The van der Waals surface area contributed by atoms with E-state index < -0.39 is 0 Å². The number of amides is 2. The maximum atomic E-state index is 12.6. The van der Waals surface area contributed by atoms with Gasteiger partial charge in [0, 0.05) is 23.8 Å². The van der Waals surface area contributed by atoms with Crippen LogP contribution in [0.15, 0.2) is 60.9 Å². The summed E-state index contributed by atoms with van der Waals surface area (Å²) in [6.45, 7) is 8.25. The second-order valence-corrected chi connectivity index (χ2v) is 7.45. The minimum Gasteiger partial charge on any atom is -0.322 e. The first kappa shape index (κ1) is 20.3. The van der Waals surface area contributed by atoms with Crippen molar-refractivity contribution < 1.29 is 9.59 Å². The Morgan fingerprint density at radius 1 is 0.759 bits per heavy atom. The fraction of sp³-hybridized carbons (Fsp3) is 0.208. The zero-order chi connectivity index (χ0) is 21.0. The standard InChI is InChI=1S/C24H25N3O2/c1-15(2)18-6-9-21(10-7-18)26-23(28)19-12-20(14-25-13-19)24(29)27-22-8-5-16(3)17(4)11-22/h5-15H,1-4H3,(H,26,28)(H,27,29). The van der Waals surface area contributed by atoms with Gasteiger partial charge in [-0.3, -0.25) is 14.6 Å². The highest BCUT2D eigenvalue weighted by Crippen LogP contribution is 2.18. The van der Waals surface area contributed by atoms with Crippen molar-refractivity contribution in [1.82, 2.24) is 4.98 Å². The van der Waals surface area contributed by atoms with Gasteiger partial charge in [-0.2, -0.15) is 0 Å². The molecule has 0 spiro atoms. The molecule has 0 aliphatic rings. The molecule has 5 nitrogen and oxygen atoms in total. The third-order valence-corrected chi connectivity index (χ3v) is 4.86.